The van der Waals surface area contributed by atoms with Crippen molar-refractivity contribution in [2.24, 2.45) is 0 Å². The molecule has 0 radical (unpaired) electrons. The highest BCUT2D eigenvalue weighted by molar-refractivity contribution is 5.50. The molecule has 0 aliphatic heterocycles. The van der Waals surface area contributed by atoms with Gasteiger partial charge in [0.25, 0.3) is 0 Å². The van der Waals surface area contributed by atoms with Crippen molar-refractivity contribution >= 4 is 5.69 Å². The third-order valence-corrected chi connectivity index (χ3v) is 2.59. The smallest absolute Gasteiger partial charge is 0.141 e. The van der Waals surface area contributed by atoms with Gasteiger partial charge in [0.05, 0.1) is 11.8 Å². The summed E-state index contributed by atoms with van der Waals surface area (Å²) in [5.41, 5.74) is 0.775. The fourth-order valence-corrected chi connectivity index (χ4v) is 1.77. The minimum absolute atomic E-state index is 0.0465. The maximum absolute atomic E-state index is 13.1. The van der Waals surface area contributed by atoms with Gasteiger partial charge in [-0.05, 0) is 37.3 Å². The van der Waals surface area contributed by atoms with E-state index in [1.165, 1.54) is 12.1 Å². The molecule has 1 aromatic carbocycles. The molecule has 1 N–H and O–H groups in total. The predicted octanol–water partition coefficient (Wildman–Crippen LogP) is 3.33. The highest BCUT2D eigenvalue weighted by atomic mass is 19.1. The summed E-state index contributed by atoms with van der Waals surface area (Å²) >= 11 is 0. The Hall–Kier alpha value is -2.28. The second kappa shape index (κ2) is 5.37. The molecule has 0 fully saturated rings. The Morgan fingerprint density at radius 3 is 2.94 bits per heavy atom. The summed E-state index contributed by atoms with van der Waals surface area (Å²) in [5.74, 6) is 0.388. The van der Waals surface area contributed by atoms with Crippen LogP contribution in [0.5, 0.6) is 0 Å². The second-order valence-corrected chi connectivity index (χ2v) is 4.14. The molecule has 4 heteroatoms. The predicted molar refractivity (Wildman–Crippen MR) is 66.6 cm³/mol. The molecule has 0 bridgehead atoms. The lowest BCUT2D eigenvalue weighted by atomic mass is 10.1. The van der Waals surface area contributed by atoms with Crippen molar-refractivity contribution in [2.75, 3.05) is 5.32 Å². The van der Waals surface area contributed by atoms with Gasteiger partial charge in [-0.2, -0.15) is 5.26 Å². The normalized spacial score (nSPS) is 11.8. The quantitative estimate of drug-likeness (QED) is 0.897. The number of anilines is 1. The molecule has 18 heavy (non-hydrogen) atoms. The molecule has 0 spiro atoms. The molecule has 0 saturated carbocycles. The number of hydrogen-bond donors (Lipinski definition) is 1. The van der Waals surface area contributed by atoms with Crippen molar-refractivity contribution in [3.63, 3.8) is 0 Å². The number of nitrogens with zero attached hydrogens (tertiary/aromatic N) is 1. The molecule has 0 aliphatic rings. The number of halogens is 1. The lowest BCUT2D eigenvalue weighted by molar-refractivity contribution is 0.498. The van der Waals surface area contributed by atoms with E-state index in [9.17, 15) is 4.39 Å². The van der Waals surface area contributed by atoms with Crippen LogP contribution in [0.15, 0.2) is 41.0 Å². The number of hydrogen-bond acceptors (Lipinski definition) is 3. The van der Waals surface area contributed by atoms with Crippen molar-refractivity contribution < 1.29 is 8.81 Å². The number of benzene rings is 1. The van der Waals surface area contributed by atoms with Gasteiger partial charge in [0.1, 0.15) is 17.6 Å². The van der Waals surface area contributed by atoms with Gasteiger partial charge >= 0.3 is 0 Å². The first-order chi connectivity index (χ1) is 8.69. The third kappa shape index (κ3) is 2.89. The largest absolute Gasteiger partial charge is 0.469 e. The van der Waals surface area contributed by atoms with Crippen molar-refractivity contribution in [1.29, 1.82) is 5.26 Å². The van der Waals surface area contributed by atoms with E-state index in [1.54, 1.807) is 12.3 Å². The van der Waals surface area contributed by atoms with Crippen LogP contribution in [0.3, 0.4) is 0 Å². The number of furan rings is 1. The zero-order chi connectivity index (χ0) is 13.0. The van der Waals surface area contributed by atoms with Crippen LogP contribution >= 0.6 is 0 Å². The van der Waals surface area contributed by atoms with Crippen LogP contribution in [0.4, 0.5) is 10.1 Å². The van der Waals surface area contributed by atoms with Crippen molar-refractivity contribution in [3.8, 4) is 6.07 Å². The van der Waals surface area contributed by atoms with Gasteiger partial charge in [-0.3, -0.25) is 0 Å². The van der Waals surface area contributed by atoms with Crippen molar-refractivity contribution in [3.05, 3.63) is 53.7 Å². The fourth-order valence-electron chi connectivity index (χ4n) is 1.77. The van der Waals surface area contributed by atoms with E-state index in [0.717, 1.165) is 17.9 Å². The Bertz CT molecular complexity index is 558. The second-order valence-electron chi connectivity index (χ2n) is 4.14. The Morgan fingerprint density at radius 1 is 1.44 bits per heavy atom. The first-order valence-corrected chi connectivity index (χ1v) is 5.67. The van der Waals surface area contributed by atoms with E-state index < -0.39 is 5.82 Å². The van der Waals surface area contributed by atoms with Crippen LogP contribution in [0.1, 0.15) is 18.2 Å². The summed E-state index contributed by atoms with van der Waals surface area (Å²) in [6.07, 6.45) is 2.36. The van der Waals surface area contributed by atoms with Crippen molar-refractivity contribution in [2.45, 2.75) is 19.4 Å². The molecule has 92 valence electrons. The highest BCUT2D eigenvalue weighted by Crippen LogP contribution is 2.16. The SMILES string of the molecule is CC(Cc1ccco1)Nc1ccc(F)c(C#N)c1. The van der Waals surface area contributed by atoms with Gasteiger partial charge in [0, 0.05) is 18.2 Å². The molecular formula is C14H13FN2O. The summed E-state index contributed by atoms with van der Waals surface area (Å²) < 4.78 is 18.4. The molecular weight excluding hydrogens is 231 g/mol. The fraction of sp³-hybridized carbons (Fsp3) is 0.214. The summed E-state index contributed by atoms with van der Waals surface area (Å²) in [6, 6.07) is 10.1. The van der Waals surface area contributed by atoms with Crippen LogP contribution < -0.4 is 5.32 Å². The van der Waals surface area contributed by atoms with Gasteiger partial charge in [0.2, 0.25) is 0 Å². The lowest BCUT2D eigenvalue weighted by Crippen LogP contribution is -2.17. The average Bonchev–Trinajstić information content (AvgIpc) is 2.84. The van der Waals surface area contributed by atoms with E-state index >= 15 is 0 Å². The van der Waals surface area contributed by atoms with Crippen LogP contribution in [0.25, 0.3) is 0 Å². The summed E-state index contributed by atoms with van der Waals surface area (Å²) in [7, 11) is 0. The molecule has 1 heterocycles. The van der Waals surface area contributed by atoms with E-state index in [-0.39, 0.29) is 11.6 Å². The minimum Gasteiger partial charge on any atom is -0.469 e. The molecule has 1 aromatic heterocycles. The summed E-state index contributed by atoms with van der Waals surface area (Å²) in [4.78, 5) is 0. The molecule has 2 aromatic rings. The average molecular weight is 244 g/mol. The molecule has 2 rings (SSSR count). The first-order valence-electron chi connectivity index (χ1n) is 5.67. The van der Waals surface area contributed by atoms with Gasteiger partial charge in [-0.1, -0.05) is 0 Å². The van der Waals surface area contributed by atoms with Crippen LogP contribution in [-0.2, 0) is 6.42 Å². The molecule has 0 amide bonds. The van der Waals surface area contributed by atoms with Gasteiger partial charge < -0.3 is 9.73 Å². The van der Waals surface area contributed by atoms with Gasteiger partial charge in [0.15, 0.2) is 0 Å². The highest BCUT2D eigenvalue weighted by Gasteiger charge is 2.07. The Morgan fingerprint density at radius 2 is 2.28 bits per heavy atom. The van der Waals surface area contributed by atoms with E-state index in [0.29, 0.717) is 0 Å². The number of nitrogens with one attached hydrogen (secondary N) is 1. The molecule has 0 aliphatic carbocycles. The maximum atomic E-state index is 13.1. The molecule has 3 nitrogen and oxygen atoms in total. The van der Waals surface area contributed by atoms with E-state index in [1.807, 2.05) is 25.1 Å². The first kappa shape index (κ1) is 12.2. The summed E-state index contributed by atoms with van der Waals surface area (Å²) in [6.45, 7) is 2.00. The maximum Gasteiger partial charge on any atom is 0.141 e. The zero-order valence-corrected chi connectivity index (χ0v) is 9.98. The topological polar surface area (TPSA) is 49.0 Å². The van der Waals surface area contributed by atoms with Crippen molar-refractivity contribution in [1.82, 2.24) is 0 Å². The summed E-state index contributed by atoms with van der Waals surface area (Å²) in [5, 5.41) is 12.0. The Kier molecular flexibility index (Phi) is 3.63. The van der Waals surface area contributed by atoms with E-state index in [4.69, 9.17) is 9.68 Å². The monoisotopic (exact) mass is 244 g/mol. The molecule has 1 unspecified atom stereocenters. The van der Waals surface area contributed by atoms with Crippen LogP contribution in [0, 0.1) is 17.1 Å². The molecule has 1 atom stereocenters. The standard InChI is InChI=1S/C14H13FN2O/c1-10(7-13-3-2-6-18-13)17-12-4-5-14(15)11(8-12)9-16/h2-6,8,10,17H,7H2,1H3. The van der Waals surface area contributed by atoms with Crippen LogP contribution in [0.2, 0.25) is 0 Å². The van der Waals surface area contributed by atoms with E-state index in [2.05, 4.69) is 5.32 Å². The third-order valence-electron chi connectivity index (χ3n) is 2.59. The van der Waals surface area contributed by atoms with Crippen LogP contribution in [-0.4, -0.2) is 6.04 Å². The minimum atomic E-state index is -0.498. The van der Waals surface area contributed by atoms with Gasteiger partial charge in [-0.25, -0.2) is 4.39 Å². The number of nitriles is 1. The lowest BCUT2D eigenvalue weighted by Gasteiger charge is -2.14. The Labute approximate surface area is 105 Å². The Balaban J connectivity index is 2.03. The number of rotatable bonds is 4. The zero-order valence-electron chi connectivity index (χ0n) is 9.98. The molecule has 0 saturated heterocycles. The van der Waals surface area contributed by atoms with Gasteiger partial charge in [-0.15, -0.1) is 0 Å².